The van der Waals surface area contributed by atoms with Gasteiger partial charge < -0.3 is 10.1 Å². The highest BCUT2D eigenvalue weighted by molar-refractivity contribution is 9.10. The molecule has 1 atom stereocenters. The summed E-state index contributed by atoms with van der Waals surface area (Å²) in [6, 6.07) is 4.96. The molecule has 1 aromatic carbocycles. The molecule has 0 spiro atoms. The Bertz CT molecular complexity index is 406. The van der Waals surface area contributed by atoms with E-state index in [0.29, 0.717) is 12.1 Å². The summed E-state index contributed by atoms with van der Waals surface area (Å²) in [5.74, 6) is -0.576. The fourth-order valence-corrected chi connectivity index (χ4v) is 1.26. The predicted molar refractivity (Wildman–Crippen MR) is 64.8 cm³/mol. The van der Waals surface area contributed by atoms with Gasteiger partial charge >= 0.3 is 6.36 Å². The molecule has 1 unspecified atom stereocenters. The van der Waals surface area contributed by atoms with Gasteiger partial charge in [0.05, 0.1) is 4.83 Å². The fraction of sp³-hybridized carbons (Fsp3) is 0.364. The van der Waals surface area contributed by atoms with Crippen LogP contribution in [0.1, 0.15) is 13.3 Å². The number of alkyl halides is 4. The van der Waals surface area contributed by atoms with E-state index in [0.717, 1.165) is 12.1 Å². The molecule has 0 aromatic heterocycles. The van der Waals surface area contributed by atoms with Crippen LogP contribution in [-0.2, 0) is 4.79 Å². The second kappa shape index (κ2) is 6.08. The zero-order chi connectivity index (χ0) is 13.8. The molecule has 0 aliphatic rings. The Labute approximate surface area is 110 Å². The standard InChI is InChI=1S/C11H11BrF3NO2/c1-2-9(12)10(17)16-7-3-5-8(6-4-7)18-11(13,14)15/h3-6,9H,2H2,1H3,(H,16,17). The minimum Gasteiger partial charge on any atom is -0.406 e. The summed E-state index contributed by atoms with van der Waals surface area (Å²) in [6.07, 6.45) is -4.10. The quantitative estimate of drug-likeness (QED) is 0.857. The van der Waals surface area contributed by atoms with E-state index in [1.165, 1.54) is 12.1 Å². The first-order chi connectivity index (χ1) is 8.31. The van der Waals surface area contributed by atoms with Crippen molar-refractivity contribution in [3.63, 3.8) is 0 Å². The van der Waals surface area contributed by atoms with Gasteiger partial charge in [0.15, 0.2) is 0 Å². The third-order valence-electron chi connectivity index (χ3n) is 2.00. The maximum atomic E-state index is 11.9. The summed E-state index contributed by atoms with van der Waals surface area (Å²) in [5.41, 5.74) is 0.410. The van der Waals surface area contributed by atoms with Crippen LogP contribution in [0.3, 0.4) is 0 Å². The predicted octanol–water partition coefficient (Wildman–Crippen LogP) is 3.70. The number of hydrogen-bond donors (Lipinski definition) is 1. The monoisotopic (exact) mass is 325 g/mol. The van der Waals surface area contributed by atoms with E-state index >= 15 is 0 Å². The molecule has 18 heavy (non-hydrogen) atoms. The van der Waals surface area contributed by atoms with Crippen LogP contribution in [0.15, 0.2) is 24.3 Å². The molecule has 0 radical (unpaired) electrons. The minimum absolute atomic E-state index is 0.248. The number of carbonyl (C=O) groups excluding carboxylic acids is 1. The molecule has 3 nitrogen and oxygen atoms in total. The lowest BCUT2D eigenvalue weighted by Crippen LogP contribution is -2.22. The summed E-state index contributed by atoms with van der Waals surface area (Å²) < 4.78 is 39.4. The van der Waals surface area contributed by atoms with E-state index < -0.39 is 6.36 Å². The smallest absolute Gasteiger partial charge is 0.406 e. The summed E-state index contributed by atoms with van der Waals surface area (Å²) in [6.45, 7) is 1.83. The fourth-order valence-electron chi connectivity index (χ4n) is 1.15. The van der Waals surface area contributed by atoms with E-state index in [1.54, 1.807) is 0 Å². The number of rotatable bonds is 4. The van der Waals surface area contributed by atoms with Gasteiger partial charge in [-0.05, 0) is 30.7 Å². The van der Waals surface area contributed by atoms with Gasteiger partial charge in [-0.15, -0.1) is 13.2 Å². The molecule has 1 amide bonds. The average Bonchev–Trinajstić information content (AvgIpc) is 2.28. The molecule has 0 bridgehead atoms. The average molecular weight is 326 g/mol. The molecule has 0 saturated carbocycles. The molecule has 100 valence electrons. The molecule has 1 aromatic rings. The van der Waals surface area contributed by atoms with E-state index in [2.05, 4.69) is 26.0 Å². The van der Waals surface area contributed by atoms with E-state index in [9.17, 15) is 18.0 Å². The van der Waals surface area contributed by atoms with Crippen molar-refractivity contribution in [2.45, 2.75) is 24.5 Å². The van der Waals surface area contributed by atoms with Crippen LogP contribution in [-0.4, -0.2) is 17.1 Å². The lowest BCUT2D eigenvalue weighted by molar-refractivity contribution is -0.274. The number of benzene rings is 1. The zero-order valence-corrected chi connectivity index (χ0v) is 11.0. The number of anilines is 1. The first-order valence-electron chi connectivity index (χ1n) is 5.12. The highest BCUT2D eigenvalue weighted by Gasteiger charge is 2.30. The molecular formula is C11H11BrF3NO2. The normalized spacial score (nSPS) is 12.9. The Morgan fingerprint density at radius 2 is 1.94 bits per heavy atom. The van der Waals surface area contributed by atoms with Crippen LogP contribution in [0.4, 0.5) is 18.9 Å². The molecule has 0 heterocycles. The number of hydrogen-bond acceptors (Lipinski definition) is 2. The second-order valence-corrected chi connectivity index (χ2v) is 4.54. The van der Waals surface area contributed by atoms with Crippen LogP contribution in [0.2, 0.25) is 0 Å². The number of carbonyl (C=O) groups is 1. The molecule has 0 saturated heterocycles. The SMILES string of the molecule is CCC(Br)C(=O)Nc1ccc(OC(F)(F)F)cc1. The lowest BCUT2D eigenvalue weighted by Gasteiger charge is -2.11. The summed E-state index contributed by atoms with van der Waals surface area (Å²) in [5, 5.41) is 2.56. The zero-order valence-electron chi connectivity index (χ0n) is 9.42. The van der Waals surface area contributed by atoms with E-state index in [1.807, 2.05) is 6.92 Å². The van der Waals surface area contributed by atoms with Crippen LogP contribution < -0.4 is 10.1 Å². The first kappa shape index (κ1) is 14.8. The van der Waals surface area contributed by atoms with Crippen molar-refractivity contribution in [1.82, 2.24) is 0 Å². The van der Waals surface area contributed by atoms with Gasteiger partial charge in [-0.25, -0.2) is 0 Å². The number of ether oxygens (including phenoxy) is 1. The topological polar surface area (TPSA) is 38.3 Å². The molecule has 7 heteroatoms. The molecule has 1 rings (SSSR count). The highest BCUT2D eigenvalue weighted by Crippen LogP contribution is 2.24. The number of nitrogens with one attached hydrogen (secondary N) is 1. The Morgan fingerprint density at radius 3 is 2.39 bits per heavy atom. The summed E-state index contributed by atoms with van der Waals surface area (Å²) in [4.78, 5) is 11.2. The van der Waals surface area contributed by atoms with Crippen molar-refractivity contribution >= 4 is 27.5 Å². The Morgan fingerprint density at radius 1 is 1.39 bits per heavy atom. The minimum atomic E-state index is -4.71. The van der Waals surface area contributed by atoms with Gasteiger partial charge in [0.1, 0.15) is 5.75 Å². The van der Waals surface area contributed by atoms with E-state index in [-0.39, 0.29) is 16.5 Å². The highest BCUT2D eigenvalue weighted by atomic mass is 79.9. The van der Waals surface area contributed by atoms with Gasteiger partial charge in [0.2, 0.25) is 5.91 Å². The van der Waals surface area contributed by atoms with Crippen molar-refractivity contribution in [2.24, 2.45) is 0 Å². The van der Waals surface area contributed by atoms with E-state index in [4.69, 9.17) is 0 Å². The van der Waals surface area contributed by atoms with Crippen LogP contribution >= 0.6 is 15.9 Å². The molecule has 0 fully saturated rings. The second-order valence-electron chi connectivity index (χ2n) is 3.44. The van der Waals surface area contributed by atoms with Gasteiger partial charge in [-0.1, -0.05) is 22.9 Å². The number of amides is 1. The van der Waals surface area contributed by atoms with Gasteiger partial charge in [-0.2, -0.15) is 0 Å². The van der Waals surface area contributed by atoms with Crippen molar-refractivity contribution in [2.75, 3.05) is 5.32 Å². The van der Waals surface area contributed by atoms with Crippen LogP contribution in [0.25, 0.3) is 0 Å². The lowest BCUT2D eigenvalue weighted by atomic mass is 10.2. The summed E-state index contributed by atoms with van der Waals surface area (Å²) in [7, 11) is 0. The van der Waals surface area contributed by atoms with Crippen LogP contribution in [0, 0.1) is 0 Å². The summed E-state index contributed by atoms with van der Waals surface area (Å²) >= 11 is 3.17. The molecule has 0 aliphatic carbocycles. The van der Waals surface area contributed by atoms with Crippen LogP contribution in [0.5, 0.6) is 5.75 Å². The maximum absolute atomic E-state index is 11.9. The maximum Gasteiger partial charge on any atom is 0.573 e. The number of halogens is 4. The van der Waals surface area contributed by atoms with Crippen molar-refractivity contribution in [3.05, 3.63) is 24.3 Å². The molecular weight excluding hydrogens is 315 g/mol. The molecule has 1 N–H and O–H groups in total. The van der Waals surface area contributed by atoms with Crippen molar-refractivity contribution in [3.8, 4) is 5.75 Å². The molecule has 0 aliphatic heterocycles. The van der Waals surface area contributed by atoms with Gasteiger partial charge in [0, 0.05) is 5.69 Å². The van der Waals surface area contributed by atoms with Gasteiger partial charge in [-0.3, -0.25) is 4.79 Å². The Kier molecular flexibility index (Phi) is 5.01. The Balaban J connectivity index is 2.63. The third kappa shape index (κ3) is 4.95. The first-order valence-corrected chi connectivity index (χ1v) is 6.04. The van der Waals surface area contributed by atoms with Crippen molar-refractivity contribution < 1.29 is 22.7 Å². The van der Waals surface area contributed by atoms with Crippen molar-refractivity contribution in [1.29, 1.82) is 0 Å². The largest absolute Gasteiger partial charge is 0.573 e. The van der Waals surface area contributed by atoms with Gasteiger partial charge in [0.25, 0.3) is 0 Å². The third-order valence-corrected chi connectivity index (χ3v) is 3.06. The Hall–Kier alpha value is -1.24.